The SMILES string of the molecule is Cc1ccc(-c2noc([C@H]3CC(=O)N(c4ccc(OC(C)C)cc4)C3)n2)nn1. The molecular formula is C20H21N5O3. The maximum absolute atomic E-state index is 12.5. The number of carbonyl (C=O) groups excluding carboxylic acids is 1. The van der Waals surface area contributed by atoms with E-state index >= 15 is 0 Å². The highest BCUT2D eigenvalue weighted by Crippen LogP contribution is 2.32. The van der Waals surface area contributed by atoms with Crippen molar-refractivity contribution >= 4 is 11.6 Å². The number of aromatic nitrogens is 4. The lowest BCUT2D eigenvalue weighted by molar-refractivity contribution is -0.117. The van der Waals surface area contributed by atoms with Gasteiger partial charge in [-0.2, -0.15) is 10.1 Å². The molecule has 3 aromatic rings. The molecule has 0 saturated carbocycles. The van der Waals surface area contributed by atoms with Gasteiger partial charge in [0, 0.05) is 18.7 Å². The van der Waals surface area contributed by atoms with Gasteiger partial charge in [0.25, 0.3) is 0 Å². The third-order valence-electron chi connectivity index (χ3n) is 4.46. The van der Waals surface area contributed by atoms with Crippen molar-refractivity contribution < 1.29 is 14.1 Å². The standard InChI is InChI=1S/C20H21N5O3/c1-12(2)27-16-7-5-15(6-8-16)25-11-14(10-18(25)26)20-21-19(24-28-20)17-9-4-13(3)22-23-17/h4-9,12,14H,10-11H2,1-3H3/t14-/m0/s1. The predicted molar refractivity (Wildman–Crippen MR) is 102 cm³/mol. The Labute approximate surface area is 162 Å². The van der Waals surface area contributed by atoms with Crippen molar-refractivity contribution in [3.05, 3.63) is 48.0 Å². The van der Waals surface area contributed by atoms with Gasteiger partial charge in [-0.3, -0.25) is 4.79 Å². The molecule has 0 bridgehead atoms. The van der Waals surface area contributed by atoms with E-state index in [0.29, 0.717) is 30.4 Å². The number of benzene rings is 1. The highest BCUT2D eigenvalue weighted by molar-refractivity contribution is 5.96. The minimum Gasteiger partial charge on any atom is -0.491 e. The van der Waals surface area contributed by atoms with Crippen molar-refractivity contribution in [2.75, 3.05) is 11.4 Å². The molecule has 1 amide bonds. The number of ether oxygens (including phenoxy) is 1. The van der Waals surface area contributed by atoms with Crippen LogP contribution in [0.3, 0.4) is 0 Å². The van der Waals surface area contributed by atoms with Crippen LogP contribution in [0, 0.1) is 6.92 Å². The van der Waals surface area contributed by atoms with Gasteiger partial charge in [0.05, 0.1) is 17.7 Å². The Morgan fingerprint density at radius 2 is 1.93 bits per heavy atom. The van der Waals surface area contributed by atoms with Crippen LogP contribution in [-0.2, 0) is 4.79 Å². The molecule has 1 aliphatic heterocycles. The van der Waals surface area contributed by atoms with Crippen molar-refractivity contribution in [2.24, 2.45) is 0 Å². The Morgan fingerprint density at radius 3 is 2.61 bits per heavy atom. The van der Waals surface area contributed by atoms with E-state index in [1.807, 2.05) is 51.1 Å². The van der Waals surface area contributed by atoms with Crippen molar-refractivity contribution in [2.45, 2.75) is 39.2 Å². The van der Waals surface area contributed by atoms with E-state index in [9.17, 15) is 4.79 Å². The second kappa shape index (κ2) is 7.38. The van der Waals surface area contributed by atoms with Crippen LogP contribution in [-0.4, -0.2) is 38.9 Å². The van der Waals surface area contributed by atoms with Gasteiger partial charge in [-0.15, -0.1) is 5.10 Å². The summed E-state index contributed by atoms with van der Waals surface area (Å²) in [5, 5.41) is 12.1. The molecule has 4 rings (SSSR count). The zero-order valence-electron chi connectivity index (χ0n) is 16.0. The van der Waals surface area contributed by atoms with Gasteiger partial charge in [-0.25, -0.2) is 0 Å². The number of carbonyl (C=O) groups is 1. The Morgan fingerprint density at radius 1 is 1.14 bits per heavy atom. The zero-order chi connectivity index (χ0) is 19.7. The van der Waals surface area contributed by atoms with Gasteiger partial charge in [0.15, 0.2) is 0 Å². The van der Waals surface area contributed by atoms with E-state index in [4.69, 9.17) is 9.26 Å². The van der Waals surface area contributed by atoms with Crippen LogP contribution in [0.1, 0.15) is 37.8 Å². The highest BCUT2D eigenvalue weighted by atomic mass is 16.5. The molecule has 1 aromatic carbocycles. The number of rotatable bonds is 5. The minimum atomic E-state index is -0.154. The average Bonchev–Trinajstić information content (AvgIpc) is 3.30. The Kier molecular flexibility index (Phi) is 4.77. The first kappa shape index (κ1) is 18.1. The lowest BCUT2D eigenvalue weighted by atomic mass is 10.1. The smallest absolute Gasteiger partial charge is 0.232 e. The van der Waals surface area contributed by atoms with Gasteiger partial charge in [-0.1, -0.05) is 5.16 Å². The molecule has 2 aromatic heterocycles. The van der Waals surface area contributed by atoms with E-state index < -0.39 is 0 Å². The topological polar surface area (TPSA) is 94.2 Å². The first-order valence-corrected chi connectivity index (χ1v) is 9.21. The van der Waals surface area contributed by atoms with E-state index in [0.717, 1.165) is 17.1 Å². The molecule has 3 heterocycles. The zero-order valence-corrected chi connectivity index (χ0v) is 16.0. The van der Waals surface area contributed by atoms with E-state index in [1.165, 1.54) is 0 Å². The van der Waals surface area contributed by atoms with Crippen LogP contribution in [0.2, 0.25) is 0 Å². The summed E-state index contributed by atoms with van der Waals surface area (Å²) in [6.45, 7) is 6.30. The average molecular weight is 379 g/mol. The van der Waals surface area contributed by atoms with Crippen molar-refractivity contribution in [3.8, 4) is 17.3 Å². The number of anilines is 1. The molecule has 0 unspecified atom stereocenters. The summed E-state index contributed by atoms with van der Waals surface area (Å²) in [5.41, 5.74) is 2.18. The molecule has 0 aliphatic carbocycles. The van der Waals surface area contributed by atoms with Crippen molar-refractivity contribution in [1.82, 2.24) is 20.3 Å². The minimum absolute atomic E-state index is 0.0254. The number of hydrogen-bond donors (Lipinski definition) is 0. The molecule has 0 spiro atoms. The van der Waals surface area contributed by atoms with Gasteiger partial charge >= 0.3 is 0 Å². The molecule has 1 atom stereocenters. The first-order chi connectivity index (χ1) is 13.5. The van der Waals surface area contributed by atoms with Crippen LogP contribution >= 0.6 is 0 Å². The molecule has 8 heteroatoms. The van der Waals surface area contributed by atoms with E-state index in [-0.39, 0.29) is 17.9 Å². The lowest BCUT2D eigenvalue weighted by Gasteiger charge is -2.17. The second-order valence-electron chi connectivity index (χ2n) is 7.08. The lowest BCUT2D eigenvalue weighted by Crippen LogP contribution is -2.24. The van der Waals surface area contributed by atoms with E-state index in [1.54, 1.807) is 11.0 Å². The molecule has 1 saturated heterocycles. The fourth-order valence-electron chi connectivity index (χ4n) is 3.12. The Hall–Kier alpha value is -3.29. The fourth-order valence-corrected chi connectivity index (χ4v) is 3.12. The maximum Gasteiger partial charge on any atom is 0.232 e. The highest BCUT2D eigenvalue weighted by Gasteiger charge is 2.35. The molecule has 144 valence electrons. The molecule has 0 radical (unpaired) electrons. The van der Waals surface area contributed by atoms with Crippen LogP contribution in [0.25, 0.3) is 11.5 Å². The van der Waals surface area contributed by atoms with Gasteiger partial charge < -0.3 is 14.2 Å². The predicted octanol–water partition coefficient (Wildman–Crippen LogP) is 3.14. The van der Waals surface area contributed by atoms with Crippen molar-refractivity contribution in [1.29, 1.82) is 0 Å². The number of hydrogen-bond acceptors (Lipinski definition) is 7. The molecule has 0 N–H and O–H groups in total. The summed E-state index contributed by atoms with van der Waals surface area (Å²) in [6, 6.07) is 11.2. The summed E-state index contributed by atoms with van der Waals surface area (Å²) in [5.74, 6) is 1.47. The van der Waals surface area contributed by atoms with Crippen molar-refractivity contribution in [3.63, 3.8) is 0 Å². The Balaban J connectivity index is 1.48. The Bertz CT molecular complexity index is 966. The first-order valence-electron chi connectivity index (χ1n) is 9.21. The number of nitrogens with zero attached hydrogens (tertiary/aromatic N) is 5. The fraction of sp³-hybridized carbons (Fsp3) is 0.350. The molecule has 1 aliphatic rings. The second-order valence-corrected chi connectivity index (χ2v) is 7.08. The molecule has 8 nitrogen and oxygen atoms in total. The van der Waals surface area contributed by atoms with Gasteiger partial charge in [0.2, 0.25) is 17.6 Å². The molecule has 28 heavy (non-hydrogen) atoms. The third kappa shape index (κ3) is 3.71. The summed E-state index contributed by atoms with van der Waals surface area (Å²) in [6.07, 6.45) is 0.430. The van der Waals surface area contributed by atoms with Crippen LogP contribution in [0.5, 0.6) is 5.75 Å². The van der Waals surface area contributed by atoms with Crippen LogP contribution in [0.4, 0.5) is 5.69 Å². The van der Waals surface area contributed by atoms with Gasteiger partial charge in [0.1, 0.15) is 11.4 Å². The molecular weight excluding hydrogens is 358 g/mol. The van der Waals surface area contributed by atoms with Crippen LogP contribution < -0.4 is 9.64 Å². The van der Waals surface area contributed by atoms with Crippen LogP contribution in [0.15, 0.2) is 40.9 Å². The largest absolute Gasteiger partial charge is 0.491 e. The van der Waals surface area contributed by atoms with Gasteiger partial charge in [-0.05, 0) is 57.2 Å². The normalized spacial score (nSPS) is 16.8. The van der Waals surface area contributed by atoms with E-state index in [2.05, 4.69) is 20.3 Å². The number of aryl methyl sites for hydroxylation is 1. The monoisotopic (exact) mass is 379 g/mol. The third-order valence-corrected chi connectivity index (χ3v) is 4.46. The quantitative estimate of drug-likeness (QED) is 0.672. The summed E-state index contributed by atoms with van der Waals surface area (Å²) < 4.78 is 11.1. The number of amides is 1. The molecule has 1 fully saturated rings. The maximum atomic E-state index is 12.5. The summed E-state index contributed by atoms with van der Waals surface area (Å²) in [7, 11) is 0. The summed E-state index contributed by atoms with van der Waals surface area (Å²) in [4.78, 5) is 18.7. The summed E-state index contributed by atoms with van der Waals surface area (Å²) >= 11 is 0.